The van der Waals surface area contributed by atoms with Gasteiger partial charge in [-0.25, -0.2) is 4.68 Å². The number of hydrogen-bond donors (Lipinski definition) is 2. The zero-order valence-electron chi connectivity index (χ0n) is 11.8. The first-order valence-electron chi connectivity index (χ1n) is 6.87. The highest BCUT2D eigenvalue weighted by molar-refractivity contribution is 6.03. The molecule has 0 saturated carbocycles. The molecule has 3 aromatic heterocycles. The summed E-state index contributed by atoms with van der Waals surface area (Å²) in [4.78, 5) is 16.5. The second-order valence-corrected chi connectivity index (χ2v) is 4.83. The van der Waals surface area contributed by atoms with Crippen molar-refractivity contribution in [3.8, 4) is 5.69 Å². The molecule has 1 amide bonds. The van der Waals surface area contributed by atoms with Gasteiger partial charge in [0.15, 0.2) is 0 Å². The van der Waals surface area contributed by atoms with E-state index in [1.54, 1.807) is 53.6 Å². The zero-order valence-corrected chi connectivity index (χ0v) is 11.8. The summed E-state index contributed by atoms with van der Waals surface area (Å²) in [5.74, 6) is -0.304. The molecule has 0 bridgehead atoms. The molecular weight excluding hydrogens is 294 g/mol. The normalized spacial score (nSPS) is 10.8. The molecule has 0 aliphatic rings. The van der Waals surface area contributed by atoms with Gasteiger partial charge < -0.3 is 5.32 Å². The SMILES string of the molecule is O=C(Nc1ccc2n[nH]nc2c1)c1cc(-n2cccn2)ccn1. The number of hydrogen-bond acceptors (Lipinski definition) is 5. The zero-order chi connectivity index (χ0) is 15.6. The molecule has 3 heterocycles. The van der Waals surface area contributed by atoms with Gasteiger partial charge in [0.05, 0.1) is 5.69 Å². The second-order valence-electron chi connectivity index (χ2n) is 4.83. The van der Waals surface area contributed by atoms with E-state index in [9.17, 15) is 4.79 Å². The van der Waals surface area contributed by atoms with Crippen molar-refractivity contribution in [2.45, 2.75) is 0 Å². The van der Waals surface area contributed by atoms with Crippen LogP contribution in [0.15, 0.2) is 55.0 Å². The summed E-state index contributed by atoms with van der Waals surface area (Å²) in [6.45, 7) is 0. The van der Waals surface area contributed by atoms with Crippen molar-refractivity contribution in [3.63, 3.8) is 0 Å². The van der Waals surface area contributed by atoms with Gasteiger partial charge in [0.25, 0.3) is 5.91 Å². The summed E-state index contributed by atoms with van der Waals surface area (Å²) in [6.07, 6.45) is 5.05. The number of anilines is 1. The molecule has 0 fully saturated rings. The Labute approximate surface area is 130 Å². The third-order valence-corrected chi connectivity index (χ3v) is 3.32. The molecule has 8 nitrogen and oxygen atoms in total. The summed E-state index contributed by atoms with van der Waals surface area (Å²) < 4.78 is 1.67. The summed E-state index contributed by atoms with van der Waals surface area (Å²) in [6, 6.07) is 10.6. The molecule has 23 heavy (non-hydrogen) atoms. The number of pyridine rings is 1. The van der Waals surface area contributed by atoms with E-state index >= 15 is 0 Å². The first-order chi connectivity index (χ1) is 11.3. The minimum absolute atomic E-state index is 0.304. The number of carbonyl (C=O) groups is 1. The molecule has 8 heteroatoms. The highest BCUT2D eigenvalue weighted by atomic mass is 16.1. The lowest BCUT2D eigenvalue weighted by Gasteiger charge is -2.06. The van der Waals surface area contributed by atoms with Crippen LogP contribution in [0.3, 0.4) is 0 Å². The van der Waals surface area contributed by atoms with Crippen molar-refractivity contribution in [1.82, 2.24) is 30.2 Å². The number of nitrogens with one attached hydrogen (secondary N) is 2. The third kappa shape index (κ3) is 2.53. The minimum Gasteiger partial charge on any atom is -0.321 e. The highest BCUT2D eigenvalue weighted by Gasteiger charge is 2.10. The van der Waals surface area contributed by atoms with Gasteiger partial charge in [-0.2, -0.15) is 20.5 Å². The topological polar surface area (TPSA) is 101 Å². The number of nitrogens with zero attached hydrogens (tertiary/aromatic N) is 5. The van der Waals surface area contributed by atoms with Gasteiger partial charge in [0, 0.05) is 24.3 Å². The quantitative estimate of drug-likeness (QED) is 0.601. The Kier molecular flexibility index (Phi) is 3.05. The predicted molar refractivity (Wildman–Crippen MR) is 83.2 cm³/mol. The third-order valence-electron chi connectivity index (χ3n) is 3.32. The number of H-pyrrole nitrogens is 1. The second kappa shape index (κ2) is 5.34. The Morgan fingerprint density at radius 3 is 2.87 bits per heavy atom. The molecule has 0 saturated heterocycles. The molecule has 0 aliphatic carbocycles. The van der Waals surface area contributed by atoms with Crippen LogP contribution in [0.5, 0.6) is 0 Å². The fourth-order valence-corrected chi connectivity index (χ4v) is 2.22. The summed E-state index contributed by atoms with van der Waals surface area (Å²) >= 11 is 0. The maximum atomic E-state index is 12.4. The number of amides is 1. The van der Waals surface area contributed by atoms with Crippen LogP contribution in [-0.2, 0) is 0 Å². The fraction of sp³-hybridized carbons (Fsp3) is 0. The molecular formula is C15H11N7O. The van der Waals surface area contributed by atoms with Crippen LogP contribution in [-0.4, -0.2) is 36.1 Å². The molecule has 0 atom stereocenters. The van der Waals surface area contributed by atoms with Crippen LogP contribution in [0, 0.1) is 0 Å². The van der Waals surface area contributed by atoms with Crippen molar-refractivity contribution in [2.75, 3.05) is 5.32 Å². The Morgan fingerprint density at radius 1 is 1.09 bits per heavy atom. The monoisotopic (exact) mass is 305 g/mol. The van der Waals surface area contributed by atoms with Crippen LogP contribution in [0.1, 0.15) is 10.5 Å². The molecule has 4 rings (SSSR count). The predicted octanol–water partition coefficient (Wildman–Crippen LogP) is 1.79. The van der Waals surface area contributed by atoms with Crippen LogP contribution in [0.25, 0.3) is 16.7 Å². The molecule has 2 N–H and O–H groups in total. The average molecular weight is 305 g/mol. The van der Waals surface area contributed by atoms with Gasteiger partial charge in [-0.1, -0.05) is 0 Å². The summed E-state index contributed by atoms with van der Waals surface area (Å²) in [5.41, 5.74) is 3.12. The standard InChI is InChI=1S/C15H11N7O/c23-15(18-10-2-3-12-13(8-10)20-21-19-12)14-9-11(4-6-16-14)22-7-1-5-17-22/h1-9H,(H,18,23)(H,19,20,21). The van der Waals surface area contributed by atoms with E-state index in [1.807, 2.05) is 6.07 Å². The van der Waals surface area contributed by atoms with Crippen molar-refractivity contribution in [1.29, 1.82) is 0 Å². The number of carbonyl (C=O) groups excluding carboxylic acids is 1. The number of aromatic amines is 1. The van der Waals surface area contributed by atoms with E-state index in [0.29, 0.717) is 16.9 Å². The number of rotatable bonds is 3. The highest BCUT2D eigenvalue weighted by Crippen LogP contribution is 2.16. The molecule has 0 aliphatic heterocycles. The van der Waals surface area contributed by atoms with E-state index in [4.69, 9.17) is 0 Å². The lowest BCUT2D eigenvalue weighted by molar-refractivity contribution is 0.102. The molecule has 0 radical (unpaired) electrons. The van der Waals surface area contributed by atoms with Crippen LogP contribution in [0.4, 0.5) is 5.69 Å². The van der Waals surface area contributed by atoms with E-state index in [2.05, 4.69) is 30.8 Å². The van der Waals surface area contributed by atoms with Crippen molar-refractivity contribution in [2.24, 2.45) is 0 Å². The van der Waals surface area contributed by atoms with Crippen molar-refractivity contribution in [3.05, 3.63) is 60.7 Å². The van der Waals surface area contributed by atoms with Crippen molar-refractivity contribution < 1.29 is 4.79 Å². The maximum absolute atomic E-state index is 12.4. The van der Waals surface area contributed by atoms with E-state index in [-0.39, 0.29) is 5.91 Å². The average Bonchev–Trinajstić information content (AvgIpc) is 3.26. The summed E-state index contributed by atoms with van der Waals surface area (Å²) in [7, 11) is 0. The smallest absolute Gasteiger partial charge is 0.274 e. The number of benzene rings is 1. The van der Waals surface area contributed by atoms with Gasteiger partial charge in [-0.05, 0) is 36.4 Å². The molecule has 4 aromatic rings. The number of fused-ring (bicyclic) bond motifs is 1. The van der Waals surface area contributed by atoms with E-state index in [1.165, 1.54) is 0 Å². The minimum atomic E-state index is -0.304. The Hall–Kier alpha value is -3.55. The molecule has 0 spiro atoms. The van der Waals surface area contributed by atoms with Crippen molar-refractivity contribution >= 4 is 22.6 Å². The largest absolute Gasteiger partial charge is 0.321 e. The molecule has 112 valence electrons. The molecule has 0 unspecified atom stereocenters. The maximum Gasteiger partial charge on any atom is 0.274 e. The fourth-order valence-electron chi connectivity index (χ4n) is 2.22. The van der Waals surface area contributed by atoms with Crippen LogP contribution in [0.2, 0.25) is 0 Å². The van der Waals surface area contributed by atoms with Crippen LogP contribution >= 0.6 is 0 Å². The van der Waals surface area contributed by atoms with Crippen LogP contribution < -0.4 is 5.32 Å². The van der Waals surface area contributed by atoms with Gasteiger partial charge in [-0.3, -0.25) is 9.78 Å². The Balaban J connectivity index is 1.60. The van der Waals surface area contributed by atoms with E-state index < -0.39 is 0 Å². The van der Waals surface area contributed by atoms with Gasteiger partial charge in [0.2, 0.25) is 0 Å². The lowest BCUT2D eigenvalue weighted by atomic mass is 10.2. The van der Waals surface area contributed by atoms with Gasteiger partial charge in [-0.15, -0.1) is 0 Å². The van der Waals surface area contributed by atoms with E-state index in [0.717, 1.165) is 11.2 Å². The summed E-state index contributed by atoms with van der Waals surface area (Å²) in [5, 5.41) is 17.4. The molecule has 1 aromatic carbocycles. The first kappa shape index (κ1) is 13.1. The lowest BCUT2D eigenvalue weighted by Crippen LogP contribution is -2.14. The Morgan fingerprint density at radius 2 is 2.00 bits per heavy atom. The number of aromatic nitrogens is 6. The Bertz CT molecular complexity index is 974. The van der Waals surface area contributed by atoms with Gasteiger partial charge in [0.1, 0.15) is 16.7 Å². The first-order valence-corrected chi connectivity index (χ1v) is 6.87. The van der Waals surface area contributed by atoms with Gasteiger partial charge >= 0.3 is 0 Å².